The van der Waals surface area contributed by atoms with Gasteiger partial charge < -0.3 is 33.6 Å². The summed E-state index contributed by atoms with van der Waals surface area (Å²) in [7, 11) is 3.19. The van der Waals surface area contributed by atoms with E-state index in [2.05, 4.69) is 15.1 Å². The van der Waals surface area contributed by atoms with Crippen molar-refractivity contribution in [1.29, 1.82) is 0 Å². The molecule has 1 fully saturated rings. The van der Waals surface area contributed by atoms with Crippen LogP contribution in [0.25, 0.3) is 11.3 Å². The number of amides is 2. The number of hydrogen-bond donors (Lipinski definition) is 0. The highest BCUT2D eigenvalue weighted by molar-refractivity contribution is 5.97. The number of piperazine rings is 1. The second kappa shape index (κ2) is 12.9. The van der Waals surface area contributed by atoms with E-state index in [1.165, 1.54) is 0 Å². The van der Waals surface area contributed by atoms with Gasteiger partial charge >= 0.3 is 0 Å². The molecule has 11 nitrogen and oxygen atoms in total. The van der Waals surface area contributed by atoms with Crippen molar-refractivity contribution in [3.05, 3.63) is 90.0 Å². The highest BCUT2D eigenvalue weighted by Crippen LogP contribution is 2.33. The minimum atomic E-state index is -0.264. The molecule has 2 aliphatic rings. The largest absolute Gasteiger partial charge is 0.497 e. The summed E-state index contributed by atoms with van der Waals surface area (Å²) >= 11 is 0. The SMILES string of the molecule is COc1cccc(C(=O)N(CC(=O)N2CCN(c3ccc(-c4cccc(OC)c4)nn3)CC2)Cc2ccc3c(c2)OCO3)c1. The van der Waals surface area contributed by atoms with Crippen molar-refractivity contribution < 1.29 is 28.5 Å². The monoisotopic (exact) mass is 595 g/mol. The van der Waals surface area contributed by atoms with Gasteiger partial charge in [-0.05, 0) is 60.2 Å². The van der Waals surface area contributed by atoms with Crippen LogP contribution in [0.1, 0.15) is 15.9 Å². The standard InChI is InChI=1S/C33H33N5O6/c1-41-26-7-3-5-24(18-26)28-10-12-31(35-34-28)36-13-15-37(16-14-36)32(39)21-38(33(40)25-6-4-8-27(19-25)42-2)20-23-9-11-29-30(17-23)44-22-43-29/h3-12,17-19H,13-16,20-22H2,1-2H3. The van der Waals surface area contributed by atoms with Crippen LogP contribution in [0.15, 0.2) is 78.9 Å². The molecule has 2 aliphatic heterocycles. The maximum atomic E-state index is 13.7. The Kier molecular flexibility index (Phi) is 8.44. The molecule has 226 valence electrons. The first-order valence-corrected chi connectivity index (χ1v) is 14.3. The number of aromatic nitrogens is 2. The quantitative estimate of drug-likeness (QED) is 0.285. The van der Waals surface area contributed by atoms with Crippen molar-refractivity contribution >= 4 is 17.6 Å². The molecule has 0 unspecified atom stereocenters. The topological polar surface area (TPSA) is 107 Å². The molecule has 0 spiro atoms. The van der Waals surface area contributed by atoms with Crippen molar-refractivity contribution in [2.75, 3.05) is 58.6 Å². The molecule has 0 aliphatic carbocycles. The maximum Gasteiger partial charge on any atom is 0.254 e. The summed E-state index contributed by atoms with van der Waals surface area (Å²) in [6.45, 7) is 2.53. The van der Waals surface area contributed by atoms with Gasteiger partial charge in [-0.2, -0.15) is 0 Å². The molecule has 2 amide bonds. The highest BCUT2D eigenvalue weighted by atomic mass is 16.7. The van der Waals surface area contributed by atoms with Crippen LogP contribution in [-0.2, 0) is 11.3 Å². The molecular formula is C33H33N5O6. The molecule has 0 bridgehead atoms. The van der Waals surface area contributed by atoms with E-state index in [1.54, 1.807) is 48.3 Å². The summed E-state index contributed by atoms with van der Waals surface area (Å²) in [6, 6.07) is 24.1. The number of carbonyl (C=O) groups is 2. The van der Waals surface area contributed by atoms with Crippen LogP contribution >= 0.6 is 0 Å². The molecule has 0 radical (unpaired) electrons. The van der Waals surface area contributed by atoms with E-state index in [-0.39, 0.29) is 31.7 Å². The zero-order chi connectivity index (χ0) is 30.5. The molecule has 3 heterocycles. The lowest BCUT2D eigenvalue weighted by Gasteiger charge is -2.36. The van der Waals surface area contributed by atoms with E-state index in [1.807, 2.05) is 54.6 Å². The summed E-state index contributed by atoms with van der Waals surface area (Å²) in [6.07, 6.45) is 0. The number of fused-ring (bicyclic) bond motifs is 1. The third kappa shape index (κ3) is 6.36. The summed E-state index contributed by atoms with van der Waals surface area (Å²) < 4.78 is 21.6. The van der Waals surface area contributed by atoms with E-state index in [4.69, 9.17) is 18.9 Å². The third-order valence-corrected chi connectivity index (χ3v) is 7.71. The van der Waals surface area contributed by atoms with Gasteiger partial charge in [-0.15, -0.1) is 10.2 Å². The van der Waals surface area contributed by atoms with Gasteiger partial charge in [0.1, 0.15) is 18.0 Å². The van der Waals surface area contributed by atoms with Gasteiger partial charge in [0.05, 0.1) is 19.9 Å². The number of ether oxygens (including phenoxy) is 4. The number of carbonyl (C=O) groups excluding carboxylic acids is 2. The van der Waals surface area contributed by atoms with Crippen molar-refractivity contribution in [1.82, 2.24) is 20.0 Å². The second-order valence-corrected chi connectivity index (χ2v) is 10.5. The van der Waals surface area contributed by atoms with Crippen LogP contribution in [0, 0.1) is 0 Å². The molecule has 0 N–H and O–H groups in total. The average Bonchev–Trinajstić information content (AvgIpc) is 3.56. The van der Waals surface area contributed by atoms with Crippen molar-refractivity contribution in [2.45, 2.75) is 6.54 Å². The Morgan fingerprint density at radius 1 is 0.818 bits per heavy atom. The summed E-state index contributed by atoms with van der Waals surface area (Å²) in [5, 5.41) is 8.86. The van der Waals surface area contributed by atoms with Gasteiger partial charge in [-0.1, -0.05) is 24.3 Å². The molecule has 6 rings (SSSR count). The van der Waals surface area contributed by atoms with Gasteiger partial charge in [-0.25, -0.2) is 0 Å². The van der Waals surface area contributed by atoms with Crippen LogP contribution in [0.2, 0.25) is 0 Å². The van der Waals surface area contributed by atoms with Gasteiger partial charge in [-0.3, -0.25) is 9.59 Å². The lowest BCUT2D eigenvalue weighted by molar-refractivity contribution is -0.132. The van der Waals surface area contributed by atoms with Crippen LogP contribution in [-0.4, -0.2) is 85.5 Å². The first-order chi connectivity index (χ1) is 21.5. The maximum absolute atomic E-state index is 13.7. The minimum Gasteiger partial charge on any atom is -0.497 e. The fourth-order valence-corrected chi connectivity index (χ4v) is 5.28. The molecular weight excluding hydrogens is 562 g/mol. The Morgan fingerprint density at radius 3 is 2.32 bits per heavy atom. The predicted molar refractivity (Wildman–Crippen MR) is 163 cm³/mol. The van der Waals surface area contributed by atoms with E-state index in [0.29, 0.717) is 49.0 Å². The predicted octanol–water partition coefficient (Wildman–Crippen LogP) is 3.88. The van der Waals surface area contributed by atoms with Gasteiger partial charge in [0.25, 0.3) is 5.91 Å². The number of nitrogens with zero attached hydrogens (tertiary/aromatic N) is 5. The fraction of sp³-hybridized carbons (Fsp3) is 0.273. The van der Waals surface area contributed by atoms with Crippen molar-refractivity contribution in [3.63, 3.8) is 0 Å². The van der Waals surface area contributed by atoms with Crippen molar-refractivity contribution in [3.8, 4) is 34.3 Å². The summed E-state index contributed by atoms with van der Waals surface area (Å²) in [5.74, 6) is 2.98. The molecule has 44 heavy (non-hydrogen) atoms. The zero-order valence-electron chi connectivity index (χ0n) is 24.6. The molecule has 3 aromatic carbocycles. The van der Waals surface area contributed by atoms with Crippen LogP contribution in [0.3, 0.4) is 0 Å². The number of rotatable bonds is 9. The number of benzene rings is 3. The molecule has 0 saturated carbocycles. The van der Waals surface area contributed by atoms with E-state index < -0.39 is 0 Å². The average molecular weight is 596 g/mol. The van der Waals surface area contributed by atoms with Crippen LogP contribution < -0.4 is 23.8 Å². The zero-order valence-corrected chi connectivity index (χ0v) is 24.6. The van der Waals surface area contributed by atoms with Crippen LogP contribution in [0.5, 0.6) is 23.0 Å². The smallest absolute Gasteiger partial charge is 0.254 e. The lowest BCUT2D eigenvalue weighted by atomic mass is 10.1. The van der Waals surface area contributed by atoms with Gasteiger partial charge in [0.2, 0.25) is 12.7 Å². The number of hydrogen-bond acceptors (Lipinski definition) is 9. The minimum absolute atomic E-state index is 0.0699. The lowest BCUT2D eigenvalue weighted by Crippen LogP contribution is -2.52. The molecule has 1 saturated heterocycles. The van der Waals surface area contributed by atoms with Crippen molar-refractivity contribution in [2.24, 2.45) is 0 Å². The highest BCUT2D eigenvalue weighted by Gasteiger charge is 2.27. The van der Waals surface area contributed by atoms with E-state index >= 15 is 0 Å². The first-order valence-electron chi connectivity index (χ1n) is 14.3. The Balaban J connectivity index is 1.12. The molecule has 0 atom stereocenters. The Labute approximate surface area is 255 Å². The first kappa shape index (κ1) is 28.8. The van der Waals surface area contributed by atoms with Gasteiger partial charge in [0, 0.05) is 43.9 Å². The number of anilines is 1. The molecule has 11 heteroatoms. The Bertz CT molecular complexity index is 1640. The summed E-state index contributed by atoms with van der Waals surface area (Å²) in [5.41, 5.74) is 2.95. The van der Waals surface area contributed by atoms with Gasteiger partial charge in [0.15, 0.2) is 17.3 Å². The Hall–Kier alpha value is -5.32. The molecule has 1 aromatic heterocycles. The van der Waals surface area contributed by atoms with E-state index in [0.717, 1.165) is 28.4 Å². The van der Waals surface area contributed by atoms with Crippen LogP contribution in [0.4, 0.5) is 5.82 Å². The normalized spacial score (nSPS) is 13.9. The third-order valence-electron chi connectivity index (χ3n) is 7.71. The summed E-state index contributed by atoms with van der Waals surface area (Å²) in [4.78, 5) is 32.7. The number of methoxy groups -OCH3 is 2. The molecule has 4 aromatic rings. The second-order valence-electron chi connectivity index (χ2n) is 10.5. The van der Waals surface area contributed by atoms with E-state index in [9.17, 15) is 9.59 Å². The Morgan fingerprint density at radius 2 is 1.57 bits per heavy atom. The fourth-order valence-electron chi connectivity index (χ4n) is 5.28.